The van der Waals surface area contributed by atoms with Crippen LogP contribution in [-0.2, 0) is 42.9 Å². The maximum Gasteiger partial charge on any atom is 0.303 e. The van der Waals surface area contributed by atoms with E-state index in [2.05, 4.69) is 0 Å². The number of hydrogen-bond donors (Lipinski definition) is 0. The van der Waals surface area contributed by atoms with E-state index in [0.29, 0.717) is 5.56 Å². The molecule has 2 rings (SSSR count). The fraction of sp³-hybridized carbons (Fsp3) is 0.500. The Labute approximate surface area is 168 Å². The first-order valence-corrected chi connectivity index (χ1v) is 9.04. The van der Waals surface area contributed by atoms with Crippen LogP contribution in [0.3, 0.4) is 0 Å². The Morgan fingerprint density at radius 2 is 1.28 bits per heavy atom. The smallest absolute Gasteiger partial charge is 0.303 e. The van der Waals surface area contributed by atoms with E-state index in [1.54, 1.807) is 30.3 Å². The maximum atomic E-state index is 11.8. The molecule has 1 aliphatic rings. The summed E-state index contributed by atoms with van der Waals surface area (Å²) >= 11 is 0. The van der Waals surface area contributed by atoms with E-state index in [-0.39, 0.29) is 6.61 Å². The molecule has 0 radical (unpaired) electrons. The van der Waals surface area contributed by atoms with Crippen LogP contribution < -0.4 is 0 Å². The SMILES string of the molecule is CC(=O)OC[C@H]1OC(c2ccccc2)[C@H](OC(C)=O)[C@@H](OC(C)=O)[C@@H]1OC(C)=O. The summed E-state index contributed by atoms with van der Waals surface area (Å²) < 4.78 is 27.2. The molecule has 1 heterocycles. The highest BCUT2D eigenvalue weighted by Crippen LogP contribution is 2.37. The molecule has 0 aromatic heterocycles. The zero-order chi connectivity index (χ0) is 21.6. The summed E-state index contributed by atoms with van der Waals surface area (Å²) in [6.45, 7) is 4.55. The van der Waals surface area contributed by atoms with Gasteiger partial charge in [-0.25, -0.2) is 0 Å². The van der Waals surface area contributed by atoms with Gasteiger partial charge in [-0.2, -0.15) is 0 Å². The molecule has 0 aliphatic carbocycles. The Bertz CT molecular complexity index is 746. The molecule has 1 saturated heterocycles. The van der Waals surface area contributed by atoms with Crippen LogP contribution in [0.2, 0.25) is 0 Å². The minimum atomic E-state index is -1.17. The van der Waals surface area contributed by atoms with Gasteiger partial charge in [-0.05, 0) is 5.56 Å². The fourth-order valence-electron chi connectivity index (χ4n) is 3.14. The number of hydrogen-bond acceptors (Lipinski definition) is 9. The van der Waals surface area contributed by atoms with Gasteiger partial charge in [0.15, 0.2) is 18.3 Å². The number of rotatable bonds is 6. The van der Waals surface area contributed by atoms with E-state index >= 15 is 0 Å². The summed E-state index contributed by atoms with van der Waals surface area (Å²) in [5, 5.41) is 0. The highest BCUT2D eigenvalue weighted by Gasteiger charge is 2.52. The standard InChI is InChI=1S/C20H24O9/c1-11(21)25-10-16-18(26-12(2)22)20(28-14(4)24)19(27-13(3)23)17(29-16)15-8-6-5-7-9-15/h5-9,16-20H,10H2,1-4H3/t16-,17?,18-,19+,20+/m1/s1. The zero-order valence-electron chi connectivity index (χ0n) is 16.7. The topological polar surface area (TPSA) is 114 Å². The van der Waals surface area contributed by atoms with Gasteiger partial charge in [0.05, 0.1) is 0 Å². The second-order valence-corrected chi connectivity index (χ2v) is 6.53. The lowest BCUT2D eigenvalue weighted by Gasteiger charge is -2.44. The van der Waals surface area contributed by atoms with Crippen molar-refractivity contribution < 1.29 is 42.9 Å². The third-order valence-corrected chi connectivity index (χ3v) is 4.12. The van der Waals surface area contributed by atoms with Crippen molar-refractivity contribution in [1.82, 2.24) is 0 Å². The van der Waals surface area contributed by atoms with Crippen LogP contribution in [0, 0.1) is 0 Å². The van der Waals surface area contributed by atoms with Crippen molar-refractivity contribution in [3.63, 3.8) is 0 Å². The number of ether oxygens (including phenoxy) is 5. The minimum Gasteiger partial charge on any atom is -0.463 e. The predicted octanol–water partition coefficient (Wildman–Crippen LogP) is 1.48. The molecule has 0 spiro atoms. The van der Waals surface area contributed by atoms with Crippen LogP contribution in [0.15, 0.2) is 30.3 Å². The van der Waals surface area contributed by atoms with Crippen molar-refractivity contribution >= 4 is 23.9 Å². The van der Waals surface area contributed by atoms with Gasteiger partial charge in [0.1, 0.15) is 18.8 Å². The number of carbonyl (C=O) groups excluding carboxylic acids is 4. The molecule has 1 aromatic carbocycles. The van der Waals surface area contributed by atoms with E-state index in [9.17, 15) is 19.2 Å². The molecule has 29 heavy (non-hydrogen) atoms. The van der Waals surface area contributed by atoms with E-state index in [1.807, 2.05) is 0 Å². The second-order valence-electron chi connectivity index (χ2n) is 6.53. The first-order chi connectivity index (χ1) is 13.7. The molecule has 158 valence electrons. The summed E-state index contributed by atoms with van der Waals surface area (Å²) in [6.07, 6.45) is -5.21. The van der Waals surface area contributed by atoms with Crippen molar-refractivity contribution in [3.8, 4) is 0 Å². The van der Waals surface area contributed by atoms with Gasteiger partial charge in [-0.3, -0.25) is 19.2 Å². The van der Waals surface area contributed by atoms with Crippen LogP contribution in [0.25, 0.3) is 0 Å². The van der Waals surface area contributed by atoms with E-state index in [1.165, 1.54) is 27.7 Å². The molecule has 9 nitrogen and oxygen atoms in total. The Morgan fingerprint density at radius 1 is 0.759 bits per heavy atom. The van der Waals surface area contributed by atoms with E-state index in [0.717, 1.165) is 0 Å². The van der Waals surface area contributed by atoms with E-state index in [4.69, 9.17) is 23.7 Å². The molecule has 1 aromatic rings. The van der Waals surface area contributed by atoms with Crippen molar-refractivity contribution in [2.24, 2.45) is 0 Å². The lowest BCUT2D eigenvalue weighted by molar-refractivity contribution is -0.254. The Hall–Kier alpha value is -2.94. The van der Waals surface area contributed by atoms with Crippen LogP contribution >= 0.6 is 0 Å². The molecular weight excluding hydrogens is 384 g/mol. The van der Waals surface area contributed by atoms with Crippen molar-refractivity contribution in [2.45, 2.75) is 58.2 Å². The van der Waals surface area contributed by atoms with Crippen molar-refractivity contribution in [2.75, 3.05) is 6.61 Å². The Kier molecular flexibility index (Phi) is 7.72. The first-order valence-electron chi connectivity index (χ1n) is 9.04. The van der Waals surface area contributed by atoms with Crippen LogP contribution in [0.4, 0.5) is 0 Å². The summed E-state index contributed by atoms with van der Waals surface area (Å²) in [7, 11) is 0. The third kappa shape index (κ3) is 6.28. The van der Waals surface area contributed by atoms with Gasteiger partial charge in [-0.15, -0.1) is 0 Å². The highest BCUT2D eigenvalue weighted by molar-refractivity contribution is 5.68. The van der Waals surface area contributed by atoms with Gasteiger partial charge in [0.2, 0.25) is 0 Å². The van der Waals surface area contributed by atoms with Crippen LogP contribution in [0.5, 0.6) is 0 Å². The van der Waals surface area contributed by atoms with Crippen LogP contribution in [-0.4, -0.2) is 54.9 Å². The lowest BCUT2D eigenvalue weighted by Crippen LogP contribution is -2.59. The normalized spacial score (nSPS) is 26.1. The first kappa shape index (κ1) is 22.4. The number of benzene rings is 1. The molecule has 0 N–H and O–H groups in total. The minimum absolute atomic E-state index is 0.249. The largest absolute Gasteiger partial charge is 0.463 e. The number of carbonyl (C=O) groups is 4. The molecular formula is C20H24O9. The van der Waals surface area contributed by atoms with Gasteiger partial charge in [-0.1, -0.05) is 30.3 Å². The maximum absolute atomic E-state index is 11.8. The molecule has 0 amide bonds. The molecule has 1 aliphatic heterocycles. The Balaban J connectivity index is 2.49. The average Bonchev–Trinajstić information content (AvgIpc) is 2.63. The third-order valence-electron chi connectivity index (χ3n) is 4.12. The monoisotopic (exact) mass is 408 g/mol. The summed E-state index contributed by atoms with van der Waals surface area (Å²) in [5.41, 5.74) is 0.644. The quantitative estimate of drug-likeness (QED) is 0.510. The second kappa shape index (κ2) is 10.0. The Morgan fingerprint density at radius 3 is 1.79 bits per heavy atom. The van der Waals surface area contributed by atoms with Crippen molar-refractivity contribution in [1.29, 1.82) is 0 Å². The molecule has 0 saturated carbocycles. The molecule has 5 atom stereocenters. The summed E-state index contributed by atoms with van der Waals surface area (Å²) in [6, 6.07) is 8.84. The molecule has 1 fully saturated rings. The fourth-order valence-corrected chi connectivity index (χ4v) is 3.14. The van der Waals surface area contributed by atoms with Crippen molar-refractivity contribution in [3.05, 3.63) is 35.9 Å². The zero-order valence-corrected chi connectivity index (χ0v) is 16.7. The van der Waals surface area contributed by atoms with Gasteiger partial charge < -0.3 is 23.7 Å². The van der Waals surface area contributed by atoms with Crippen LogP contribution in [0.1, 0.15) is 39.4 Å². The molecule has 0 bridgehead atoms. The lowest BCUT2D eigenvalue weighted by atomic mass is 9.90. The summed E-state index contributed by atoms with van der Waals surface area (Å²) in [5.74, 6) is -2.51. The molecule has 1 unspecified atom stereocenters. The van der Waals surface area contributed by atoms with Gasteiger partial charge >= 0.3 is 23.9 Å². The van der Waals surface area contributed by atoms with Gasteiger partial charge in [0, 0.05) is 27.7 Å². The summed E-state index contributed by atoms with van der Waals surface area (Å²) in [4.78, 5) is 46.5. The predicted molar refractivity (Wildman–Crippen MR) is 97.4 cm³/mol. The number of esters is 4. The van der Waals surface area contributed by atoms with Gasteiger partial charge in [0.25, 0.3) is 0 Å². The van der Waals surface area contributed by atoms with E-state index < -0.39 is 54.4 Å². The average molecular weight is 408 g/mol. The highest BCUT2D eigenvalue weighted by atomic mass is 16.7. The molecule has 9 heteroatoms.